The molecule has 3 aromatic rings. The molecule has 2 aromatic carbocycles. The summed E-state index contributed by atoms with van der Waals surface area (Å²) in [7, 11) is 1.66. The van der Waals surface area contributed by atoms with Crippen molar-refractivity contribution in [3.05, 3.63) is 93.7 Å². The molecule has 0 atom stereocenters. The molecular weight excluding hydrogens is 665 g/mol. The number of carboxylic acids is 1. The molecule has 1 aliphatic carbocycles. The number of amides is 1. The second-order valence-electron chi connectivity index (χ2n) is 12.1. The Bertz CT molecular complexity index is 1510. The number of carbonyl (C=O) groups is 2. The zero-order chi connectivity index (χ0) is 38.3. The summed E-state index contributed by atoms with van der Waals surface area (Å²) < 4.78 is 7.43. The molecule has 0 saturated carbocycles. The van der Waals surface area contributed by atoms with Crippen molar-refractivity contribution >= 4 is 35.3 Å². The maximum atomic E-state index is 11.8. The van der Waals surface area contributed by atoms with E-state index in [-0.39, 0.29) is 5.41 Å². The van der Waals surface area contributed by atoms with Gasteiger partial charge in [0.2, 0.25) is 0 Å². The summed E-state index contributed by atoms with van der Waals surface area (Å²) in [5.74, 6) is 6.77. The van der Waals surface area contributed by atoms with E-state index in [1.165, 1.54) is 10.4 Å². The standard InChI is InChI=1S/C20H20O2S.C15H24N2O3S.C2H6.C2H4.C2H2/c1-13-4-6-14(7-5-13)8-9-17-18(19(21)22)15-12-20(2,3)11-10-16(15)23-17;1-12(2)11-17(10-4-9-16-15(18)19)21-14-7-5-13(20-3)6-8-14;3*1-2/h4-7H,10-12H2,1-3H3,(H,21,22);5-8,12,16H,4,9-11H2,1-3H3,(H,18,19);1-2H3;1-2H2;1-2H. The van der Waals surface area contributed by atoms with Crippen molar-refractivity contribution in [2.24, 2.45) is 11.3 Å². The number of benzene rings is 2. The lowest BCUT2D eigenvalue weighted by Gasteiger charge is -2.29. The fourth-order valence-electron chi connectivity index (χ4n) is 4.82. The van der Waals surface area contributed by atoms with E-state index < -0.39 is 12.1 Å². The number of carboxylic acid groups (broad SMARTS) is 2. The summed E-state index contributed by atoms with van der Waals surface area (Å²) >= 11 is 3.26. The van der Waals surface area contributed by atoms with Crippen LogP contribution in [0, 0.1) is 42.9 Å². The summed E-state index contributed by atoms with van der Waals surface area (Å²) in [5, 5.41) is 20.6. The molecular formula is C41H56N2O5S2. The highest BCUT2D eigenvalue weighted by atomic mass is 32.2. The van der Waals surface area contributed by atoms with Crippen molar-refractivity contribution in [3.63, 3.8) is 0 Å². The number of aromatic carboxylic acids is 1. The Balaban J connectivity index is 0.000000839. The lowest BCUT2D eigenvalue weighted by Crippen LogP contribution is -2.27. The van der Waals surface area contributed by atoms with E-state index >= 15 is 0 Å². The van der Waals surface area contributed by atoms with Crippen molar-refractivity contribution in [2.75, 3.05) is 26.7 Å². The smallest absolute Gasteiger partial charge is 0.404 e. The zero-order valence-corrected chi connectivity index (χ0v) is 32.7. The lowest BCUT2D eigenvalue weighted by molar-refractivity contribution is 0.0695. The number of thiophene rings is 1. The van der Waals surface area contributed by atoms with Crippen LogP contribution in [0.15, 0.2) is 66.6 Å². The minimum Gasteiger partial charge on any atom is -0.497 e. The van der Waals surface area contributed by atoms with E-state index in [2.05, 4.69) is 75.2 Å². The van der Waals surface area contributed by atoms with Gasteiger partial charge in [-0.3, -0.25) is 0 Å². The second kappa shape index (κ2) is 24.9. The van der Waals surface area contributed by atoms with Gasteiger partial charge in [0.25, 0.3) is 0 Å². The van der Waals surface area contributed by atoms with Crippen LogP contribution in [0.3, 0.4) is 0 Å². The molecule has 272 valence electrons. The summed E-state index contributed by atoms with van der Waals surface area (Å²) in [4.78, 5) is 25.2. The molecule has 1 heterocycles. The van der Waals surface area contributed by atoms with E-state index in [9.17, 15) is 14.7 Å². The molecule has 4 rings (SSSR count). The third-order valence-electron chi connectivity index (χ3n) is 7.08. The van der Waals surface area contributed by atoms with Gasteiger partial charge in [-0.2, -0.15) is 0 Å². The van der Waals surface area contributed by atoms with Gasteiger partial charge < -0.3 is 20.3 Å². The monoisotopic (exact) mass is 720 g/mol. The minimum atomic E-state index is -0.965. The normalized spacial score (nSPS) is 11.9. The first-order valence-corrected chi connectivity index (χ1v) is 18.3. The number of rotatable bonds is 10. The fraction of sp³-hybridized carbons (Fsp3) is 0.415. The van der Waals surface area contributed by atoms with Gasteiger partial charge in [0, 0.05) is 35.0 Å². The second-order valence-corrected chi connectivity index (χ2v) is 14.4. The van der Waals surface area contributed by atoms with Crippen LogP contribution in [-0.4, -0.2) is 53.3 Å². The predicted octanol–water partition coefficient (Wildman–Crippen LogP) is 10.1. The summed E-state index contributed by atoms with van der Waals surface area (Å²) in [6, 6.07) is 15.9. The molecule has 0 unspecified atom stereocenters. The third-order valence-corrected chi connectivity index (χ3v) is 9.36. The predicted molar refractivity (Wildman–Crippen MR) is 213 cm³/mol. The number of nitrogens with zero attached hydrogens (tertiary/aromatic N) is 1. The molecule has 9 heteroatoms. The molecule has 0 bridgehead atoms. The maximum Gasteiger partial charge on any atom is 0.404 e. The number of terminal acetylenes is 1. The van der Waals surface area contributed by atoms with Crippen LogP contribution in [0.25, 0.3) is 0 Å². The molecule has 0 saturated heterocycles. The van der Waals surface area contributed by atoms with Crippen LogP contribution in [0.1, 0.15) is 91.2 Å². The zero-order valence-electron chi connectivity index (χ0n) is 31.1. The van der Waals surface area contributed by atoms with Gasteiger partial charge in [-0.15, -0.1) is 37.3 Å². The van der Waals surface area contributed by atoms with E-state index in [0.29, 0.717) is 22.9 Å². The van der Waals surface area contributed by atoms with Crippen molar-refractivity contribution < 1.29 is 24.5 Å². The van der Waals surface area contributed by atoms with Crippen LogP contribution in [0.5, 0.6) is 5.75 Å². The highest BCUT2D eigenvalue weighted by Gasteiger charge is 2.32. The molecule has 50 heavy (non-hydrogen) atoms. The SMILES string of the molecule is C#C.C=C.CC.COc1ccc(SN(CCCNC(=O)O)CC(C)C)cc1.Cc1ccc(C#Cc2sc3c(c2C(=O)O)CC(C)(C)CC3)cc1. The Labute approximate surface area is 309 Å². The van der Waals surface area contributed by atoms with Crippen LogP contribution < -0.4 is 10.1 Å². The molecule has 1 aliphatic rings. The van der Waals surface area contributed by atoms with Crippen LogP contribution in [0.2, 0.25) is 0 Å². The highest BCUT2D eigenvalue weighted by Crippen LogP contribution is 2.41. The average Bonchev–Trinajstić information content (AvgIpc) is 3.46. The molecule has 0 radical (unpaired) electrons. The largest absolute Gasteiger partial charge is 0.497 e. The van der Waals surface area contributed by atoms with Gasteiger partial charge >= 0.3 is 12.1 Å². The van der Waals surface area contributed by atoms with Gasteiger partial charge in [-0.25, -0.2) is 13.9 Å². The number of fused-ring (bicyclic) bond motifs is 1. The first-order chi connectivity index (χ1) is 23.9. The first-order valence-electron chi connectivity index (χ1n) is 16.7. The van der Waals surface area contributed by atoms with E-state index in [4.69, 9.17) is 9.84 Å². The number of methoxy groups -OCH3 is 1. The molecule has 7 nitrogen and oxygen atoms in total. The summed E-state index contributed by atoms with van der Waals surface area (Å²) in [6.07, 6.45) is 10.7. The van der Waals surface area contributed by atoms with Crippen molar-refractivity contribution in [2.45, 2.75) is 79.0 Å². The molecule has 1 aromatic heterocycles. The average molecular weight is 721 g/mol. The number of nitrogens with one attached hydrogen (secondary N) is 1. The molecule has 0 spiro atoms. The van der Waals surface area contributed by atoms with Crippen LogP contribution >= 0.6 is 23.3 Å². The lowest BCUT2D eigenvalue weighted by atomic mass is 9.76. The van der Waals surface area contributed by atoms with E-state index in [1.807, 2.05) is 69.3 Å². The number of ether oxygens (including phenoxy) is 1. The third kappa shape index (κ3) is 17.0. The first kappa shape index (κ1) is 45.9. The van der Waals surface area contributed by atoms with Crippen molar-refractivity contribution in [3.8, 4) is 30.4 Å². The van der Waals surface area contributed by atoms with E-state index in [0.717, 1.165) is 60.5 Å². The number of hydrogen-bond acceptors (Lipinski definition) is 6. The van der Waals surface area contributed by atoms with E-state index in [1.54, 1.807) is 30.4 Å². The topological polar surface area (TPSA) is 99.1 Å². The molecule has 1 amide bonds. The maximum absolute atomic E-state index is 11.8. The Kier molecular flexibility index (Phi) is 22.8. The van der Waals surface area contributed by atoms with Gasteiger partial charge in [0.15, 0.2) is 0 Å². The Morgan fingerprint density at radius 2 is 1.66 bits per heavy atom. The summed E-state index contributed by atoms with van der Waals surface area (Å²) in [5.41, 5.74) is 3.71. The van der Waals surface area contributed by atoms with Crippen LogP contribution in [0.4, 0.5) is 4.79 Å². The number of aryl methyl sites for hydroxylation is 2. The summed E-state index contributed by atoms with van der Waals surface area (Å²) in [6.45, 7) is 23.1. The number of hydrogen-bond donors (Lipinski definition) is 3. The van der Waals surface area contributed by atoms with Crippen LogP contribution in [-0.2, 0) is 12.8 Å². The van der Waals surface area contributed by atoms with Crippen molar-refractivity contribution in [1.29, 1.82) is 0 Å². The van der Waals surface area contributed by atoms with Gasteiger partial charge in [-0.05, 0) is 104 Å². The molecule has 3 N–H and O–H groups in total. The molecule has 0 aliphatic heterocycles. The fourth-order valence-corrected chi connectivity index (χ4v) is 7.13. The highest BCUT2D eigenvalue weighted by molar-refractivity contribution is 7.97. The minimum absolute atomic E-state index is 0.167. The quantitative estimate of drug-likeness (QED) is 0.0830. The van der Waals surface area contributed by atoms with Gasteiger partial charge in [0.1, 0.15) is 5.75 Å². The Morgan fingerprint density at radius 3 is 2.18 bits per heavy atom. The Hall–Kier alpha value is -4.15. The van der Waals surface area contributed by atoms with Gasteiger partial charge in [-0.1, -0.05) is 65.2 Å². The van der Waals surface area contributed by atoms with Gasteiger partial charge in [0.05, 0.1) is 17.6 Å². The molecule has 0 fully saturated rings. The van der Waals surface area contributed by atoms with Crippen molar-refractivity contribution in [1.82, 2.24) is 9.62 Å². The Morgan fingerprint density at radius 1 is 1.06 bits per heavy atom.